The number of H-pyrrole nitrogens is 1. The van der Waals surface area contributed by atoms with Crippen molar-refractivity contribution >= 4 is 28.5 Å². The van der Waals surface area contributed by atoms with Crippen molar-refractivity contribution in [2.75, 3.05) is 17.2 Å². The second-order valence-corrected chi connectivity index (χ2v) is 4.36. The molecule has 114 valence electrons. The molecule has 0 atom stereocenters. The van der Waals surface area contributed by atoms with Crippen molar-refractivity contribution in [3.05, 3.63) is 31.0 Å². The lowest BCUT2D eigenvalue weighted by molar-refractivity contribution is -0.115. The lowest BCUT2D eigenvalue weighted by atomic mass is 10.3. The number of aromatic amines is 1. The van der Waals surface area contributed by atoms with Crippen LogP contribution in [0.15, 0.2) is 31.0 Å². The highest BCUT2D eigenvalue weighted by Crippen LogP contribution is 2.24. The summed E-state index contributed by atoms with van der Waals surface area (Å²) < 4.78 is 37.1. The number of halogens is 3. The smallest absolute Gasteiger partial charge is 0.360 e. The van der Waals surface area contributed by atoms with E-state index in [4.69, 9.17) is 0 Å². The normalized spacial score (nSPS) is 11.6. The minimum absolute atomic E-state index is 0.0860. The van der Waals surface area contributed by atoms with Crippen molar-refractivity contribution in [1.82, 2.24) is 24.9 Å². The summed E-state index contributed by atoms with van der Waals surface area (Å²) in [5, 5.41) is 5.58. The maximum Gasteiger partial charge on any atom is 0.405 e. The van der Waals surface area contributed by atoms with Crippen LogP contribution in [0.1, 0.15) is 0 Å². The monoisotopic (exact) mass is 309 g/mol. The molecule has 3 rings (SSSR count). The van der Waals surface area contributed by atoms with Crippen molar-refractivity contribution < 1.29 is 13.2 Å². The summed E-state index contributed by atoms with van der Waals surface area (Å²) >= 11 is 0. The quantitative estimate of drug-likeness (QED) is 0.686. The zero-order chi connectivity index (χ0) is 15.6. The molecule has 0 aliphatic carbocycles. The van der Waals surface area contributed by atoms with Crippen molar-refractivity contribution in [2.24, 2.45) is 0 Å². The van der Waals surface area contributed by atoms with Crippen LogP contribution in [0.3, 0.4) is 0 Å². The first-order chi connectivity index (χ1) is 10.5. The Morgan fingerprint density at radius 3 is 2.64 bits per heavy atom. The number of anilines is 3. The second kappa shape index (κ2) is 5.47. The lowest BCUT2D eigenvalue weighted by Gasteiger charge is -2.11. The van der Waals surface area contributed by atoms with Gasteiger partial charge in [0.15, 0.2) is 0 Å². The van der Waals surface area contributed by atoms with Gasteiger partial charge in [-0.2, -0.15) is 23.1 Å². The Bertz CT molecular complexity index is 769. The number of hydrogen-bond acceptors (Lipinski definition) is 6. The number of aromatic nitrogens is 5. The van der Waals surface area contributed by atoms with Crippen LogP contribution in [0.2, 0.25) is 0 Å². The van der Waals surface area contributed by atoms with Crippen LogP contribution in [-0.2, 0) is 0 Å². The van der Waals surface area contributed by atoms with E-state index in [1.165, 1.54) is 18.7 Å². The highest BCUT2D eigenvalue weighted by atomic mass is 19.4. The summed E-state index contributed by atoms with van der Waals surface area (Å²) in [5.74, 6) is 0.220. The van der Waals surface area contributed by atoms with E-state index in [2.05, 4.69) is 35.6 Å². The van der Waals surface area contributed by atoms with Gasteiger partial charge in [-0.25, -0.2) is 9.97 Å². The Morgan fingerprint density at radius 1 is 1.14 bits per heavy atom. The van der Waals surface area contributed by atoms with Gasteiger partial charge in [0.05, 0.1) is 23.5 Å². The zero-order valence-electron chi connectivity index (χ0n) is 11.0. The molecule has 22 heavy (non-hydrogen) atoms. The fraction of sp³-hybridized carbons (Fsp3) is 0.167. The molecule has 0 amide bonds. The largest absolute Gasteiger partial charge is 0.405 e. The molecule has 3 N–H and O–H groups in total. The fourth-order valence-corrected chi connectivity index (χ4v) is 1.81. The molecule has 0 unspecified atom stereocenters. The van der Waals surface area contributed by atoms with Crippen molar-refractivity contribution in [1.29, 1.82) is 0 Å². The zero-order valence-corrected chi connectivity index (χ0v) is 11.0. The molecule has 0 saturated heterocycles. The minimum Gasteiger partial charge on any atom is -0.360 e. The van der Waals surface area contributed by atoms with Crippen LogP contribution in [-0.4, -0.2) is 37.6 Å². The van der Waals surface area contributed by atoms with Crippen LogP contribution in [0.4, 0.5) is 30.6 Å². The molecule has 3 heterocycles. The number of nitrogens with one attached hydrogen (secondary N) is 3. The summed E-state index contributed by atoms with van der Waals surface area (Å²) in [6.45, 7) is -1.18. The van der Waals surface area contributed by atoms with Crippen LogP contribution < -0.4 is 10.6 Å². The first-order valence-electron chi connectivity index (χ1n) is 6.19. The number of rotatable bonds is 4. The third kappa shape index (κ3) is 3.22. The summed E-state index contributed by atoms with van der Waals surface area (Å²) in [4.78, 5) is 18.7. The molecule has 0 saturated carbocycles. The van der Waals surface area contributed by atoms with E-state index in [1.54, 1.807) is 12.3 Å². The van der Waals surface area contributed by atoms with Gasteiger partial charge in [-0.05, 0) is 6.07 Å². The van der Waals surface area contributed by atoms with E-state index in [1.807, 2.05) is 0 Å². The van der Waals surface area contributed by atoms with Gasteiger partial charge in [-0.15, -0.1) is 0 Å². The molecule has 0 aliphatic heterocycles. The minimum atomic E-state index is -4.34. The highest BCUT2D eigenvalue weighted by Gasteiger charge is 2.27. The Morgan fingerprint density at radius 2 is 1.91 bits per heavy atom. The standard InChI is InChI=1S/C12H10F3N7/c13-12(14,15)5-19-10-8-1-2-18-9(8)21-11(22-10)20-7-3-16-6-17-4-7/h1-4,6H,5H2,(H3,18,19,20,21,22). The molecule has 7 nitrogen and oxygen atoms in total. The molecule has 0 fully saturated rings. The molecular formula is C12H10F3N7. The predicted octanol–water partition coefficient (Wildman–Crippen LogP) is 2.47. The van der Waals surface area contributed by atoms with Gasteiger partial charge < -0.3 is 15.6 Å². The average Bonchev–Trinajstić information content (AvgIpc) is 2.93. The summed E-state index contributed by atoms with van der Waals surface area (Å²) in [6.07, 6.45) is 1.59. The van der Waals surface area contributed by atoms with Crippen molar-refractivity contribution in [2.45, 2.75) is 6.18 Å². The molecular weight excluding hydrogens is 299 g/mol. The average molecular weight is 309 g/mol. The lowest BCUT2D eigenvalue weighted by Crippen LogP contribution is -2.22. The van der Waals surface area contributed by atoms with Crippen LogP contribution in [0.25, 0.3) is 11.0 Å². The first-order valence-corrected chi connectivity index (χ1v) is 6.19. The number of fused-ring (bicyclic) bond motifs is 1. The molecule has 0 aliphatic rings. The van der Waals surface area contributed by atoms with E-state index in [0.717, 1.165) is 0 Å². The van der Waals surface area contributed by atoms with Crippen molar-refractivity contribution in [3.63, 3.8) is 0 Å². The van der Waals surface area contributed by atoms with Crippen LogP contribution in [0, 0.1) is 0 Å². The van der Waals surface area contributed by atoms with Gasteiger partial charge in [0, 0.05) is 6.20 Å². The second-order valence-electron chi connectivity index (χ2n) is 4.36. The van der Waals surface area contributed by atoms with Gasteiger partial charge in [-0.3, -0.25) is 0 Å². The molecule has 0 spiro atoms. The summed E-state index contributed by atoms with van der Waals surface area (Å²) in [6, 6.07) is 1.60. The van der Waals surface area contributed by atoms with E-state index < -0.39 is 12.7 Å². The predicted molar refractivity (Wildman–Crippen MR) is 73.7 cm³/mol. The van der Waals surface area contributed by atoms with Gasteiger partial charge in [0.2, 0.25) is 5.95 Å². The Balaban J connectivity index is 1.91. The number of hydrogen-bond donors (Lipinski definition) is 3. The van der Waals surface area contributed by atoms with E-state index in [0.29, 0.717) is 16.7 Å². The molecule has 0 radical (unpaired) electrons. The molecule has 0 bridgehead atoms. The SMILES string of the molecule is FC(F)(F)CNc1nc(Nc2cncnc2)nc2[nH]ccc12. The highest BCUT2D eigenvalue weighted by molar-refractivity contribution is 5.88. The third-order valence-corrected chi connectivity index (χ3v) is 2.69. The Hall–Kier alpha value is -2.91. The van der Waals surface area contributed by atoms with Gasteiger partial charge >= 0.3 is 6.18 Å². The molecule has 3 aromatic heterocycles. The van der Waals surface area contributed by atoms with E-state index >= 15 is 0 Å². The van der Waals surface area contributed by atoms with Crippen LogP contribution >= 0.6 is 0 Å². The van der Waals surface area contributed by atoms with Gasteiger partial charge in [0.1, 0.15) is 24.3 Å². The third-order valence-electron chi connectivity index (χ3n) is 2.69. The Labute approximate surface area is 122 Å². The van der Waals surface area contributed by atoms with Gasteiger partial charge in [-0.1, -0.05) is 0 Å². The van der Waals surface area contributed by atoms with E-state index in [-0.39, 0.29) is 11.8 Å². The molecule has 3 aromatic rings. The Kier molecular flexibility index (Phi) is 3.49. The maximum atomic E-state index is 12.4. The molecule has 0 aromatic carbocycles. The molecule has 10 heteroatoms. The number of alkyl halides is 3. The van der Waals surface area contributed by atoms with Crippen LogP contribution in [0.5, 0.6) is 0 Å². The maximum absolute atomic E-state index is 12.4. The first kappa shape index (κ1) is 14.0. The van der Waals surface area contributed by atoms with E-state index in [9.17, 15) is 13.2 Å². The topological polar surface area (TPSA) is 91.4 Å². The summed E-state index contributed by atoms with van der Waals surface area (Å²) in [7, 11) is 0. The van der Waals surface area contributed by atoms with Gasteiger partial charge in [0.25, 0.3) is 0 Å². The number of nitrogens with zero attached hydrogens (tertiary/aromatic N) is 4. The summed E-state index contributed by atoms with van der Waals surface area (Å²) in [5.41, 5.74) is 0.939. The van der Waals surface area contributed by atoms with Crippen molar-refractivity contribution in [3.8, 4) is 0 Å². The fourth-order valence-electron chi connectivity index (χ4n) is 1.81.